The predicted molar refractivity (Wildman–Crippen MR) is 85.9 cm³/mol. The summed E-state index contributed by atoms with van der Waals surface area (Å²) < 4.78 is 7.62. The van der Waals surface area contributed by atoms with E-state index in [0.717, 1.165) is 12.3 Å². The Balaban J connectivity index is 1.83. The lowest BCUT2D eigenvalue weighted by molar-refractivity contribution is 0.414. The molecule has 1 heterocycles. The minimum Gasteiger partial charge on any atom is -0.497 e. The molecule has 0 amide bonds. The Kier molecular flexibility index (Phi) is 4.30. The van der Waals surface area contributed by atoms with Gasteiger partial charge in [0.05, 0.1) is 7.11 Å². The van der Waals surface area contributed by atoms with Gasteiger partial charge in [0, 0.05) is 25.0 Å². The number of methoxy groups -OCH3 is 1. The van der Waals surface area contributed by atoms with Crippen molar-refractivity contribution >= 4 is 0 Å². The van der Waals surface area contributed by atoms with Gasteiger partial charge in [-0.1, -0.05) is 18.6 Å². The van der Waals surface area contributed by atoms with Gasteiger partial charge in [0.25, 0.3) is 0 Å². The first-order valence-corrected chi connectivity index (χ1v) is 7.79. The van der Waals surface area contributed by atoms with Crippen LogP contribution in [-0.2, 0) is 13.0 Å². The summed E-state index contributed by atoms with van der Waals surface area (Å²) >= 11 is 0. The van der Waals surface area contributed by atoms with Crippen molar-refractivity contribution in [3.05, 3.63) is 53.3 Å². The molecule has 1 aromatic heterocycles. The highest BCUT2D eigenvalue weighted by Crippen LogP contribution is 2.29. The highest BCUT2D eigenvalue weighted by Gasteiger charge is 2.19. The summed E-state index contributed by atoms with van der Waals surface area (Å²) in [6, 6.07) is 8.82. The minimum absolute atomic E-state index is 0.508. The molecule has 1 unspecified atom stereocenters. The van der Waals surface area contributed by atoms with Crippen LogP contribution in [0.25, 0.3) is 0 Å². The van der Waals surface area contributed by atoms with E-state index in [2.05, 4.69) is 47.5 Å². The fraction of sp³-hybridized carbons (Fsp3) is 0.444. The summed E-state index contributed by atoms with van der Waals surface area (Å²) in [6.45, 7) is 0.903. The predicted octanol–water partition coefficient (Wildman–Crippen LogP) is 3.53. The van der Waals surface area contributed by atoms with Crippen LogP contribution >= 0.6 is 0 Å². The highest BCUT2D eigenvalue weighted by atomic mass is 16.5. The van der Waals surface area contributed by atoms with Crippen molar-refractivity contribution < 1.29 is 4.74 Å². The van der Waals surface area contributed by atoms with Crippen LogP contribution in [0.15, 0.2) is 36.7 Å². The van der Waals surface area contributed by atoms with E-state index in [1.807, 2.05) is 6.07 Å². The van der Waals surface area contributed by atoms with Crippen molar-refractivity contribution in [3.8, 4) is 5.75 Å². The third-order valence-corrected chi connectivity index (χ3v) is 4.41. The van der Waals surface area contributed by atoms with E-state index in [0.29, 0.717) is 6.04 Å². The summed E-state index contributed by atoms with van der Waals surface area (Å²) in [7, 11) is 3.79. The van der Waals surface area contributed by atoms with Crippen LogP contribution in [0.1, 0.15) is 42.0 Å². The largest absolute Gasteiger partial charge is 0.497 e. The maximum absolute atomic E-state index is 5.31. The van der Waals surface area contributed by atoms with Gasteiger partial charge in [-0.05, 0) is 55.1 Å². The van der Waals surface area contributed by atoms with E-state index in [-0.39, 0.29) is 0 Å². The molecular weight excluding hydrogens is 260 g/mol. The zero-order valence-electron chi connectivity index (χ0n) is 12.9. The third-order valence-electron chi connectivity index (χ3n) is 4.41. The molecule has 1 atom stereocenters. The normalized spacial score (nSPS) is 18.1. The van der Waals surface area contributed by atoms with Crippen LogP contribution in [0.4, 0.5) is 0 Å². The monoisotopic (exact) mass is 284 g/mol. The average Bonchev–Trinajstić information content (AvgIpc) is 2.80. The highest BCUT2D eigenvalue weighted by molar-refractivity contribution is 5.32. The summed E-state index contributed by atoms with van der Waals surface area (Å²) in [5.41, 5.74) is 4.27. The molecule has 112 valence electrons. The molecule has 0 bridgehead atoms. The SMILES string of the molecule is CNC1CCCCc2cn(Cc3cccc(OC)c3)cc21. The van der Waals surface area contributed by atoms with E-state index in [4.69, 9.17) is 4.74 Å². The lowest BCUT2D eigenvalue weighted by Gasteiger charge is -2.13. The molecule has 1 aromatic carbocycles. The molecule has 2 aromatic rings. The van der Waals surface area contributed by atoms with E-state index >= 15 is 0 Å². The zero-order valence-corrected chi connectivity index (χ0v) is 12.9. The van der Waals surface area contributed by atoms with Crippen molar-refractivity contribution in [2.45, 2.75) is 38.3 Å². The number of aromatic nitrogens is 1. The van der Waals surface area contributed by atoms with E-state index in [9.17, 15) is 0 Å². The van der Waals surface area contributed by atoms with Crippen LogP contribution in [-0.4, -0.2) is 18.7 Å². The number of fused-ring (bicyclic) bond motifs is 1. The standard InChI is InChI=1S/C18H24N2O/c1-19-18-9-4-3-7-15-12-20(13-17(15)18)11-14-6-5-8-16(10-14)21-2/h5-6,8,10,12-13,18-19H,3-4,7,9,11H2,1-2H3. The number of hydrogen-bond donors (Lipinski definition) is 1. The van der Waals surface area contributed by atoms with Gasteiger partial charge in [-0.15, -0.1) is 0 Å². The summed E-state index contributed by atoms with van der Waals surface area (Å²) in [5, 5.41) is 3.46. The molecule has 3 rings (SSSR count). The van der Waals surface area contributed by atoms with Crippen LogP contribution in [0, 0.1) is 0 Å². The Labute approximate surface area is 126 Å². The average molecular weight is 284 g/mol. The Morgan fingerprint density at radius 3 is 3.00 bits per heavy atom. The third kappa shape index (κ3) is 3.13. The van der Waals surface area contributed by atoms with Crippen molar-refractivity contribution in [2.75, 3.05) is 14.2 Å². The van der Waals surface area contributed by atoms with Crippen molar-refractivity contribution in [2.24, 2.45) is 0 Å². The number of aryl methyl sites for hydroxylation is 1. The molecule has 1 aliphatic carbocycles. The molecule has 0 saturated carbocycles. The number of ether oxygens (including phenoxy) is 1. The first-order valence-electron chi connectivity index (χ1n) is 7.79. The summed E-state index contributed by atoms with van der Waals surface area (Å²) in [6.07, 6.45) is 9.71. The topological polar surface area (TPSA) is 26.2 Å². The van der Waals surface area contributed by atoms with Crippen molar-refractivity contribution in [3.63, 3.8) is 0 Å². The molecule has 0 fully saturated rings. The molecule has 3 nitrogen and oxygen atoms in total. The lowest BCUT2D eigenvalue weighted by Crippen LogP contribution is -2.15. The van der Waals surface area contributed by atoms with Crippen LogP contribution in [0.5, 0.6) is 5.75 Å². The summed E-state index contributed by atoms with van der Waals surface area (Å²) in [5.74, 6) is 0.925. The molecule has 1 N–H and O–H groups in total. The van der Waals surface area contributed by atoms with E-state index in [1.165, 1.54) is 42.4 Å². The maximum Gasteiger partial charge on any atom is 0.119 e. The van der Waals surface area contributed by atoms with Gasteiger partial charge in [-0.25, -0.2) is 0 Å². The number of nitrogens with one attached hydrogen (secondary N) is 1. The second kappa shape index (κ2) is 6.35. The first-order chi connectivity index (χ1) is 10.3. The Morgan fingerprint density at radius 1 is 1.29 bits per heavy atom. The smallest absolute Gasteiger partial charge is 0.119 e. The second-order valence-corrected chi connectivity index (χ2v) is 5.85. The van der Waals surface area contributed by atoms with Gasteiger partial charge in [-0.2, -0.15) is 0 Å². The first kappa shape index (κ1) is 14.2. The van der Waals surface area contributed by atoms with Gasteiger partial charge in [-0.3, -0.25) is 0 Å². The quantitative estimate of drug-likeness (QED) is 0.869. The molecule has 0 aliphatic heterocycles. The zero-order chi connectivity index (χ0) is 14.7. The van der Waals surface area contributed by atoms with Crippen LogP contribution in [0.2, 0.25) is 0 Å². The Hall–Kier alpha value is -1.74. The molecule has 0 saturated heterocycles. The number of benzene rings is 1. The Morgan fingerprint density at radius 2 is 2.19 bits per heavy atom. The fourth-order valence-electron chi connectivity index (χ4n) is 3.29. The van der Waals surface area contributed by atoms with E-state index < -0.39 is 0 Å². The Bertz CT molecular complexity index is 603. The fourth-order valence-corrected chi connectivity index (χ4v) is 3.29. The minimum atomic E-state index is 0.508. The van der Waals surface area contributed by atoms with Gasteiger partial charge in [0.2, 0.25) is 0 Å². The number of nitrogens with zero attached hydrogens (tertiary/aromatic N) is 1. The molecular formula is C18H24N2O. The second-order valence-electron chi connectivity index (χ2n) is 5.85. The molecule has 3 heteroatoms. The summed E-state index contributed by atoms with van der Waals surface area (Å²) in [4.78, 5) is 0. The number of hydrogen-bond acceptors (Lipinski definition) is 2. The maximum atomic E-state index is 5.31. The van der Waals surface area contributed by atoms with Gasteiger partial charge in [0.1, 0.15) is 5.75 Å². The van der Waals surface area contributed by atoms with Crippen molar-refractivity contribution in [1.82, 2.24) is 9.88 Å². The number of rotatable bonds is 4. The molecule has 0 spiro atoms. The molecule has 21 heavy (non-hydrogen) atoms. The van der Waals surface area contributed by atoms with Gasteiger partial charge >= 0.3 is 0 Å². The van der Waals surface area contributed by atoms with E-state index in [1.54, 1.807) is 7.11 Å². The van der Waals surface area contributed by atoms with Crippen molar-refractivity contribution in [1.29, 1.82) is 0 Å². The van der Waals surface area contributed by atoms with Crippen LogP contribution in [0.3, 0.4) is 0 Å². The molecule has 0 radical (unpaired) electrons. The van der Waals surface area contributed by atoms with Gasteiger partial charge < -0.3 is 14.6 Å². The molecule has 1 aliphatic rings. The van der Waals surface area contributed by atoms with Gasteiger partial charge in [0.15, 0.2) is 0 Å². The lowest BCUT2D eigenvalue weighted by atomic mass is 10.1. The van der Waals surface area contributed by atoms with Crippen LogP contribution < -0.4 is 10.1 Å².